The van der Waals surface area contributed by atoms with Crippen molar-refractivity contribution in [2.75, 3.05) is 10.7 Å². The molecule has 0 aliphatic heterocycles. The fourth-order valence-corrected chi connectivity index (χ4v) is 1.77. The number of rotatable bonds is 4. The van der Waals surface area contributed by atoms with Gasteiger partial charge >= 0.3 is 0 Å². The lowest BCUT2D eigenvalue weighted by Gasteiger charge is -2.14. The van der Waals surface area contributed by atoms with Crippen LogP contribution in [0.15, 0.2) is 0 Å². The highest BCUT2D eigenvalue weighted by molar-refractivity contribution is 5.57. The van der Waals surface area contributed by atoms with Gasteiger partial charge in [0.1, 0.15) is 17.5 Å². The summed E-state index contributed by atoms with van der Waals surface area (Å²) in [6.45, 7) is 8.37. The lowest BCUT2D eigenvalue weighted by atomic mass is 10.2. The molecule has 2 unspecified atom stereocenters. The van der Waals surface area contributed by atoms with Crippen molar-refractivity contribution in [3.05, 3.63) is 11.4 Å². The van der Waals surface area contributed by atoms with Crippen LogP contribution in [0.5, 0.6) is 0 Å². The molecule has 1 heterocycles. The van der Waals surface area contributed by atoms with Gasteiger partial charge in [0, 0.05) is 17.5 Å². The van der Waals surface area contributed by atoms with Gasteiger partial charge in [0.25, 0.3) is 0 Å². The Morgan fingerprint density at radius 2 is 1.88 bits per heavy atom. The van der Waals surface area contributed by atoms with Crippen LogP contribution < -0.4 is 16.6 Å². The first-order chi connectivity index (χ1) is 8.02. The number of nitrogens with zero attached hydrogens (tertiary/aromatic N) is 2. The molecule has 0 amide bonds. The Bertz CT molecular complexity index is 416. The van der Waals surface area contributed by atoms with Crippen LogP contribution in [0.25, 0.3) is 0 Å². The van der Waals surface area contributed by atoms with Gasteiger partial charge < -0.3 is 10.7 Å². The van der Waals surface area contributed by atoms with Gasteiger partial charge in [0.05, 0.1) is 0 Å². The number of aromatic nitrogens is 2. The molecule has 0 bridgehead atoms. The van der Waals surface area contributed by atoms with E-state index < -0.39 is 0 Å². The highest BCUT2D eigenvalue weighted by atomic mass is 15.3. The summed E-state index contributed by atoms with van der Waals surface area (Å²) in [5.74, 6) is 8.96. The molecule has 4 N–H and O–H groups in total. The monoisotopic (exact) mass is 235 g/mol. The quantitative estimate of drug-likeness (QED) is 0.550. The van der Waals surface area contributed by atoms with Crippen LogP contribution >= 0.6 is 0 Å². The van der Waals surface area contributed by atoms with Gasteiger partial charge in [-0.1, -0.05) is 20.8 Å². The number of hydrogen-bond acceptors (Lipinski definition) is 5. The number of hydrogen-bond donors (Lipinski definition) is 3. The molecule has 0 radical (unpaired) electrons. The lowest BCUT2D eigenvalue weighted by Crippen LogP contribution is -2.16. The van der Waals surface area contributed by atoms with Gasteiger partial charge in [-0.3, -0.25) is 0 Å². The maximum Gasteiger partial charge on any atom is 0.148 e. The topological polar surface area (TPSA) is 75.9 Å². The molecular formula is C12H21N5. The zero-order valence-electron chi connectivity index (χ0n) is 10.9. The number of nitrogens with one attached hydrogen (secondary N) is 2. The van der Waals surface area contributed by atoms with Crippen molar-refractivity contribution in [3.8, 4) is 0 Å². The zero-order chi connectivity index (χ0) is 12.6. The van der Waals surface area contributed by atoms with Crippen molar-refractivity contribution in [2.45, 2.75) is 46.1 Å². The van der Waals surface area contributed by atoms with Crippen molar-refractivity contribution in [1.82, 2.24) is 9.97 Å². The number of anilines is 2. The van der Waals surface area contributed by atoms with Gasteiger partial charge in [0.15, 0.2) is 0 Å². The van der Waals surface area contributed by atoms with Crippen LogP contribution in [0.1, 0.15) is 44.5 Å². The SMILES string of the molecule is Cc1c(NN)nc(C(C)C)nc1NC1CC1C. The minimum atomic E-state index is 0.292. The molecule has 1 aromatic heterocycles. The smallest absolute Gasteiger partial charge is 0.148 e. The van der Waals surface area contributed by atoms with E-state index in [1.807, 2.05) is 6.92 Å². The van der Waals surface area contributed by atoms with Crippen molar-refractivity contribution in [2.24, 2.45) is 11.8 Å². The Hall–Kier alpha value is -1.36. The first-order valence-corrected chi connectivity index (χ1v) is 6.14. The number of hydrazine groups is 1. The average molecular weight is 235 g/mol. The highest BCUT2D eigenvalue weighted by Gasteiger charge is 2.33. The van der Waals surface area contributed by atoms with Gasteiger partial charge in [-0.05, 0) is 19.3 Å². The maximum absolute atomic E-state index is 5.49. The molecule has 1 fully saturated rings. The van der Waals surface area contributed by atoms with Crippen molar-refractivity contribution in [3.63, 3.8) is 0 Å². The minimum absolute atomic E-state index is 0.292. The van der Waals surface area contributed by atoms with Crippen LogP contribution in [0.4, 0.5) is 11.6 Å². The largest absolute Gasteiger partial charge is 0.367 e. The summed E-state index contributed by atoms with van der Waals surface area (Å²) in [6, 6.07) is 0.550. The number of nitrogen functional groups attached to an aromatic ring is 1. The Labute approximate surface area is 102 Å². The lowest BCUT2D eigenvalue weighted by molar-refractivity contribution is 0.771. The normalized spacial score (nSPS) is 22.7. The number of nitrogens with two attached hydrogens (primary N) is 1. The van der Waals surface area contributed by atoms with Crippen LogP contribution in [-0.4, -0.2) is 16.0 Å². The molecule has 1 aliphatic carbocycles. The predicted octanol–water partition coefficient (Wildman–Crippen LogP) is 2.01. The van der Waals surface area contributed by atoms with Gasteiger partial charge in [-0.15, -0.1) is 0 Å². The van der Waals surface area contributed by atoms with E-state index in [1.165, 1.54) is 6.42 Å². The molecular weight excluding hydrogens is 214 g/mol. The first-order valence-electron chi connectivity index (χ1n) is 6.14. The minimum Gasteiger partial charge on any atom is -0.367 e. The van der Waals surface area contributed by atoms with E-state index in [2.05, 4.69) is 41.5 Å². The van der Waals surface area contributed by atoms with Crippen LogP contribution in [-0.2, 0) is 0 Å². The molecule has 0 spiro atoms. The van der Waals surface area contributed by atoms with Gasteiger partial charge in [0.2, 0.25) is 0 Å². The van der Waals surface area contributed by atoms with E-state index in [0.717, 1.165) is 23.1 Å². The summed E-state index contributed by atoms with van der Waals surface area (Å²) in [7, 11) is 0. The molecule has 2 rings (SSSR count). The third kappa shape index (κ3) is 2.49. The van der Waals surface area contributed by atoms with Crippen molar-refractivity contribution >= 4 is 11.6 Å². The van der Waals surface area contributed by atoms with Crippen molar-refractivity contribution in [1.29, 1.82) is 0 Å². The Morgan fingerprint density at radius 1 is 1.29 bits per heavy atom. The third-order valence-electron chi connectivity index (χ3n) is 3.25. The molecule has 1 aromatic rings. The molecule has 0 saturated heterocycles. The molecule has 5 nitrogen and oxygen atoms in total. The molecule has 94 valence electrons. The summed E-state index contributed by atoms with van der Waals surface area (Å²) in [5.41, 5.74) is 3.63. The predicted molar refractivity (Wildman–Crippen MR) is 69.9 cm³/mol. The van der Waals surface area contributed by atoms with Crippen molar-refractivity contribution < 1.29 is 0 Å². The summed E-state index contributed by atoms with van der Waals surface area (Å²) in [4.78, 5) is 8.99. The summed E-state index contributed by atoms with van der Waals surface area (Å²) < 4.78 is 0. The maximum atomic E-state index is 5.49. The zero-order valence-corrected chi connectivity index (χ0v) is 10.9. The molecule has 2 atom stereocenters. The molecule has 17 heavy (non-hydrogen) atoms. The molecule has 0 aromatic carbocycles. The van der Waals surface area contributed by atoms with E-state index in [4.69, 9.17) is 5.84 Å². The summed E-state index contributed by atoms with van der Waals surface area (Å²) >= 11 is 0. The summed E-state index contributed by atoms with van der Waals surface area (Å²) in [5, 5.41) is 3.46. The standard InChI is InChI=1S/C12H21N5/c1-6(2)10-15-11(14-9-5-7(9)3)8(4)12(16-10)17-13/h6-7,9H,5,13H2,1-4H3,(H2,14,15,16,17). The Morgan fingerprint density at radius 3 is 2.35 bits per heavy atom. The molecule has 5 heteroatoms. The van der Waals surface area contributed by atoms with Crippen LogP contribution in [0.2, 0.25) is 0 Å². The first kappa shape index (κ1) is 12.1. The fourth-order valence-electron chi connectivity index (χ4n) is 1.77. The van der Waals surface area contributed by atoms with E-state index in [9.17, 15) is 0 Å². The summed E-state index contributed by atoms with van der Waals surface area (Å²) in [6.07, 6.45) is 1.21. The second-order valence-electron chi connectivity index (χ2n) is 5.17. The highest BCUT2D eigenvalue weighted by Crippen LogP contribution is 2.34. The fraction of sp³-hybridized carbons (Fsp3) is 0.667. The van der Waals surface area contributed by atoms with Gasteiger partial charge in [-0.2, -0.15) is 0 Å². The van der Waals surface area contributed by atoms with E-state index in [-0.39, 0.29) is 0 Å². The van der Waals surface area contributed by atoms with E-state index in [0.29, 0.717) is 17.8 Å². The Balaban J connectivity index is 2.31. The molecule has 1 aliphatic rings. The van der Waals surface area contributed by atoms with Gasteiger partial charge in [-0.25, -0.2) is 15.8 Å². The second-order valence-corrected chi connectivity index (χ2v) is 5.17. The average Bonchev–Trinajstić information content (AvgIpc) is 2.97. The van der Waals surface area contributed by atoms with Crippen LogP contribution in [0, 0.1) is 12.8 Å². The second kappa shape index (κ2) is 4.49. The van der Waals surface area contributed by atoms with Crippen LogP contribution in [0.3, 0.4) is 0 Å². The third-order valence-corrected chi connectivity index (χ3v) is 3.25. The Kier molecular flexibility index (Phi) is 3.19. The van der Waals surface area contributed by atoms with E-state index >= 15 is 0 Å². The molecule has 1 saturated carbocycles. The van der Waals surface area contributed by atoms with E-state index in [1.54, 1.807) is 0 Å².